The van der Waals surface area contributed by atoms with Crippen LogP contribution in [0.2, 0.25) is 5.02 Å². The van der Waals surface area contributed by atoms with Gasteiger partial charge in [0.05, 0.1) is 25.0 Å². The number of aryl methyl sites for hydroxylation is 1. The lowest BCUT2D eigenvalue weighted by atomic mass is 10.3. The summed E-state index contributed by atoms with van der Waals surface area (Å²) >= 11 is 7.75. The van der Waals surface area contributed by atoms with E-state index in [0.29, 0.717) is 12.2 Å². The largest absolute Gasteiger partial charge is 0.394 e. The van der Waals surface area contributed by atoms with Crippen LogP contribution in [0.15, 0.2) is 23.1 Å². The Hall–Kier alpha value is -1.37. The average Bonchev–Trinajstić information content (AvgIpc) is 2.91. The SMILES string of the molecule is CCc1ccc(CNc2cnn(CCO)c(=O)c2Cl)s1. The second kappa shape index (κ2) is 6.88. The Balaban J connectivity index is 2.10. The van der Waals surface area contributed by atoms with Gasteiger partial charge in [0.25, 0.3) is 5.56 Å². The van der Waals surface area contributed by atoms with Crippen molar-refractivity contribution in [1.29, 1.82) is 0 Å². The number of hydrogen-bond acceptors (Lipinski definition) is 5. The fraction of sp³-hybridized carbons (Fsp3) is 0.385. The third-order valence-electron chi connectivity index (χ3n) is 2.82. The lowest BCUT2D eigenvalue weighted by molar-refractivity contribution is 0.266. The Kier molecular flexibility index (Phi) is 5.17. The highest BCUT2D eigenvalue weighted by molar-refractivity contribution is 7.12. The average molecular weight is 314 g/mol. The maximum Gasteiger partial charge on any atom is 0.287 e. The number of nitrogens with one attached hydrogen (secondary N) is 1. The molecule has 0 fully saturated rings. The van der Waals surface area contributed by atoms with Crippen molar-refractivity contribution in [3.63, 3.8) is 0 Å². The molecule has 0 aliphatic carbocycles. The van der Waals surface area contributed by atoms with Gasteiger partial charge in [-0.3, -0.25) is 4.79 Å². The third-order valence-corrected chi connectivity index (χ3v) is 4.41. The minimum absolute atomic E-state index is 0.0979. The first-order chi connectivity index (χ1) is 9.65. The fourth-order valence-corrected chi connectivity index (χ4v) is 2.84. The lowest BCUT2D eigenvalue weighted by Gasteiger charge is -2.08. The van der Waals surface area contributed by atoms with E-state index in [1.54, 1.807) is 11.3 Å². The van der Waals surface area contributed by atoms with Gasteiger partial charge in [0.15, 0.2) is 0 Å². The maximum atomic E-state index is 11.9. The Morgan fingerprint density at radius 1 is 1.45 bits per heavy atom. The van der Waals surface area contributed by atoms with Crippen LogP contribution >= 0.6 is 22.9 Å². The summed E-state index contributed by atoms with van der Waals surface area (Å²) in [6, 6.07) is 4.16. The van der Waals surface area contributed by atoms with Crippen LogP contribution < -0.4 is 10.9 Å². The van der Waals surface area contributed by atoms with Crippen LogP contribution in [0, 0.1) is 0 Å². The highest BCUT2D eigenvalue weighted by atomic mass is 35.5. The van der Waals surface area contributed by atoms with Crippen LogP contribution in [0.25, 0.3) is 0 Å². The van der Waals surface area contributed by atoms with Gasteiger partial charge in [0.2, 0.25) is 0 Å². The number of aliphatic hydroxyl groups is 1. The molecule has 2 aromatic rings. The van der Waals surface area contributed by atoms with Gasteiger partial charge < -0.3 is 10.4 Å². The Morgan fingerprint density at radius 3 is 2.85 bits per heavy atom. The smallest absolute Gasteiger partial charge is 0.287 e. The number of halogens is 1. The summed E-state index contributed by atoms with van der Waals surface area (Å²) < 4.78 is 1.15. The molecule has 0 radical (unpaired) electrons. The van der Waals surface area contributed by atoms with E-state index in [0.717, 1.165) is 11.1 Å². The number of aliphatic hydroxyl groups excluding tert-OH is 1. The number of rotatable bonds is 6. The molecule has 2 heterocycles. The topological polar surface area (TPSA) is 67.2 Å². The first-order valence-corrected chi connectivity index (χ1v) is 7.53. The summed E-state index contributed by atoms with van der Waals surface area (Å²) in [6.07, 6.45) is 2.53. The number of hydrogen-bond donors (Lipinski definition) is 2. The molecule has 0 bridgehead atoms. The van der Waals surface area contributed by atoms with E-state index in [1.807, 2.05) is 0 Å². The van der Waals surface area contributed by atoms with Crippen LogP contribution in [0.4, 0.5) is 5.69 Å². The van der Waals surface area contributed by atoms with Gasteiger partial charge in [0.1, 0.15) is 5.02 Å². The van der Waals surface area contributed by atoms with Crippen LogP contribution in [-0.2, 0) is 19.5 Å². The quantitative estimate of drug-likeness (QED) is 0.857. The molecule has 0 aliphatic heterocycles. The van der Waals surface area contributed by atoms with E-state index in [2.05, 4.69) is 29.5 Å². The summed E-state index contributed by atoms with van der Waals surface area (Å²) in [5, 5.41) is 16.0. The van der Waals surface area contributed by atoms with E-state index in [4.69, 9.17) is 16.7 Å². The van der Waals surface area contributed by atoms with Crippen molar-refractivity contribution in [1.82, 2.24) is 9.78 Å². The van der Waals surface area contributed by atoms with Gasteiger partial charge in [-0.05, 0) is 18.6 Å². The molecule has 0 amide bonds. The molecule has 7 heteroatoms. The molecule has 2 rings (SSSR count). The molecule has 0 unspecified atom stereocenters. The zero-order chi connectivity index (χ0) is 14.5. The molecule has 0 aliphatic rings. The number of anilines is 1. The molecule has 20 heavy (non-hydrogen) atoms. The molecule has 0 spiro atoms. The zero-order valence-electron chi connectivity index (χ0n) is 11.1. The van der Waals surface area contributed by atoms with Gasteiger partial charge in [-0.2, -0.15) is 5.10 Å². The Bertz CT molecular complexity index is 639. The first-order valence-electron chi connectivity index (χ1n) is 6.33. The predicted molar refractivity (Wildman–Crippen MR) is 81.6 cm³/mol. The van der Waals surface area contributed by atoms with Crippen molar-refractivity contribution in [3.05, 3.63) is 43.5 Å². The van der Waals surface area contributed by atoms with Crippen molar-refractivity contribution in [2.45, 2.75) is 26.4 Å². The molecule has 0 saturated heterocycles. The standard InChI is InChI=1S/C13H16ClN3O2S/c1-2-9-3-4-10(20-9)7-15-11-8-16-17(5-6-18)13(19)12(11)14/h3-4,8,15,18H,2,5-7H2,1H3. The van der Waals surface area contributed by atoms with E-state index in [1.165, 1.54) is 16.0 Å². The molecule has 0 saturated carbocycles. The molecule has 0 atom stereocenters. The molecule has 108 valence electrons. The van der Waals surface area contributed by atoms with Gasteiger partial charge in [0, 0.05) is 16.3 Å². The lowest BCUT2D eigenvalue weighted by Crippen LogP contribution is -2.25. The van der Waals surface area contributed by atoms with Gasteiger partial charge in [-0.25, -0.2) is 4.68 Å². The predicted octanol–water partition coefficient (Wildman–Crippen LogP) is 2.13. The molecule has 5 nitrogen and oxygen atoms in total. The van der Waals surface area contributed by atoms with Crippen molar-refractivity contribution < 1.29 is 5.11 Å². The van der Waals surface area contributed by atoms with Crippen molar-refractivity contribution in [3.8, 4) is 0 Å². The molecule has 0 aromatic carbocycles. The van der Waals surface area contributed by atoms with Crippen molar-refractivity contribution in [2.24, 2.45) is 0 Å². The minimum atomic E-state index is -0.397. The van der Waals surface area contributed by atoms with Gasteiger partial charge in [-0.1, -0.05) is 18.5 Å². The van der Waals surface area contributed by atoms with E-state index in [-0.39, 0.29) is 18.2 Å². The number of thiophene rings is 1. The summed E-state index contributed by atoms with van der Waals surface area (Å²) in [7, 11) is 0. The Morgan fingerprint density at radius 2 is 2.20 bits per heavy atom. The molecule has 2 aromatic heterocycles. The van der Waals surface area contributed by atoms with Gasteiger partial charge in [-0.15, -0.1) is 11.3 Å². The first kappa shape index (κ1) is 15.0. The fourth-order valence-electron chi connectivity index (χ4n) is 1.73. The second-order valence-corrected chi connectivity index (χ2v) is 5.83. The van der Waals surface area contributed by atoms with E-state index >= 15 is 0 Å². The second-order valence-electron chi connectivity index (χ2n) is 4.20. The van der Waals surface area contributed by atoms with Crippen LogP contribution in [0.3, 0.4) is 0 Å². The monoisotopic (exact) mass is 313 g/mol. The number of aromatic nitrogens is 2. The zero-order valence-corrected chi connectivity index (χ0v) is 12.7. The summed E-state index contributed by atoms with van der Waals surface area (Å²) in [5.41, 5.74) is 0.114. The van der Waals surface area contributed by atoms with Crippen LogP contribution in [-0.4, -0.2) is 21.5 Å². The number of nitrogens with zero attached hydrogens (tertiary/aromatic N) is 2. The van der Waals surface area contributed by atoms with Gasteiger partial charge >= 0.3 is 0 Å². The third kappa shape index (κ3) is 3.39. The minimum Gasteiger partial charge on any atom is -0.394 e. The summed E-state index contributed by atoms with van der Waals surface area (Å²) in [4.78, 5) is 14.4. The van der Waals surface area contributed by atoms with Crippen molar-refractivity contribution >= 4 is 28.6 Å². The van der Waals surface area contributed by atoms with Crippen molar-refractivity contribution in [2.75, 3.05) is 11.9 Å². The highest BCUT2D eigenvalue weighted by Gasteiger charge is 2.09. The molecule has 2 N–H and O–H groups in total. The van der Waals surface area contributed by atoms with Crippen LogP contribution in [0.5, 0.6) is 0 Å². The van der Waals surface area contributed by atoms with E-state index in [9.17, 15) is 4.79 Å². The summed E-state index contributed by atoms with van der Waals surface area (Å²) in [5.74, 6) is 0. The molecular weight excluding hydrogens is 298 g/mol. The summed E-state index contributed by atoms with van der Waals surface area (Å²) in [6.45, 7) is 2.72. The molecular formula is C13H16ClN3O2S. The maximum absolute atomic E-state index is 11.9. The normalized spacial score (nSPS) is 10.8. The Labute approximate surface area is 125 Å². The highest BCUT2D eigenvalue weighted by Crippen LogP contribution is 2.20. The van der Waals surface area contributed by atoms with E-state index < -0.39 is 5.56 Å². The van der Waals surface area contributed by atoms with Crippen LogP contribution in [0.1, 0.15) is 16.7 Å².